The minimum absolute atomic E-state index is 0.240. The molecule has 1 aromatic rings. The van der Waals surface area contributed by atoms with E-state index in [4.69, 9.17) is 29.2 Å². The van der Waals surface area contributed by atoms with Crippen molar-refractivity contribution >= 4 is 5.78 Å². The molecule has 0 spiro atoms. The number of hydrogen-bond acceptors (Lipinski definition) is 7. The smallest absolute Gasteiger partial charge is 0.137 e. The van der Waals surface area contributed by atoms with E-state index in [9.17, 15) is 4.79 Å². The maximum atomic E-state index is 12.0. The quantitative estimate of drug-likeness (QED) is 0.126. The molecule has 0 saturated heterocycles. The number of benzene rings is 1. The summed E-state index contributed by atoms with van der Waals surface area (Å²) in [6, 6.07) is 8.05. The first kappa shape index (κ1) is 27.0. The fraction of sp³-hybridized carbons (Fsp3) is 0.682. The van der Waals surface area contributed by atoms with E-state index in [2.05, 4.69) is 16.1 Å². The SMILES string of the molecule is Cc1cccc(CC(=O)CCCOCCOCCOCCOCCOCCN=[N+]=[N-])c1. The highest BCUT2D eigenvalue weighted by molar-refractivity contribution is 5.80. The lowest BCUT2D eigenvalue weighted by Crippen LogP contribution is -2.13. The van der Waals surface area contributed by atoms with Crippen LogP contribution in [0.25, 0.3) is 10.4 Å². The number of rotatable bonds is 21. The Morgan fingerprint density at radius 1 is 0.871 bits per heavy atom. The van der Waals surface area contributed by atoms with Crippen molar-refractivity contribution < 1.29 is 28.5 Å². The molecule has 174 valence electrons. The number of carbonyl (C=O) groups is 1. The van der Waals surface area contributed by atoms with Crippen LogP contribution in [0.3, 0.4) is 0 Å². The predicted octanol–water partition coefficient (Wildman–Crippen LogP) is 3.28. The van der Waals surface area contributed by atoms with Gasteiger partial charge in [0.1, 0.15) is 5.78 Å². The summed E-state index contributed by atoms with van der Waals surface area (Å²) in [6.45, 7) is 7.26. The van der Waals surface area contributed by atoms with Gasteiger partial charge in [0.15, 0.2) is 0 Å². The van der Waals surface area contributed by atoms with Gasteiger partial charge in [-0.2, -0.15) is 0 Å². The summed E-state index contributed by atoms with van der Waals surface area (Å²) in [5, 5.41) is 3.36. The van der Waals surface area contributed by atoms with Crippen LogP contribution < -0.4 is 0 Å². The van der Waals surface area contributed by atoms with Crippen molar-refractivity contribution in [3.05, 3.63) is 45.8 Å². The topological polar surface area (TPSA) is 112 Å². The molecule has 0 unspecified atom stereocenters. The number of Topliss-reactive ketones (excluding diaryl/α,β-unsaturated/α-hetero) is 1. The lowest BCUT2D eigenvalue weighted by molar-refractivity contribution is -0.118. The first-order chi connectivity index (χ1) is 15.2. The lowest BCUT2D eigenvalue weighted by Gasteiger charge is -2.08. The molecule has 0 atom stereocenters. The Kier molecular flexibility index (Phi) is 17.4. The average molecular weight is 438 g/mol. The standard InChI is InChI=1S/C22H35N3O6/c1-20-4-2-5-21(18-20)19-22(26)6-3-8-27-10-12-29-14-16-31-17-15-30-13-11-28-9-7-24-25-23/h2,4-5,18H,3,6-17,19H2,1H3. The van der Waals surface area contributed by atoms with E-state index in [1.165, 1.54) is 5.56 Å². The van der Waals surface area contributed by atoms with E-state index in [1.54, 1.807) is 0 Å². The highest BCUT2D eigenvalue weighted by Gasteiger charge is 2.04. The van der Waals surface area contributed by atoms with E-state index in [-0.39, 0.29) is 5.78 Å². The Hall–Kier alpha value is -2.00. The summed E-state index contributed by atoms with van der Waals surface area (Å²) in [5.74, 6) is 0.240. The number of ketones is 1. The molecule has 31 heavy (non-hydrogen) atoms. The van der Waals surface area contributed by atoms with Crippen LogP contribution in [0.2, 0.25) is 0 Å². The van der Waals surface area contributed by atoms with Crippen LogP contribution in [-0.2, 0) is 34.9 Å². The second-order valence-corrected chi connectivity index (χ2v) is 6.82. The molecule has 0 amide bonds. The summed E-state index contributed by atoms with van der Waals surface area (Å²) in [6.07, 6.45) is 1.75. The molecule has 9 heteroatoms. The molecule has 0 aliphatic carbocycles. The van der Waals surface area contributed by atoms with Gasteiger partial charge in [-0.3, -0.25) is 4.79 Å². The second kappa shape index (κ2) is 19.9. The zero-order chi connectivity index (χ0) is 22.4. The van der Waals surface area contributed by atoms with Gasteiger partial charge in [0.05, 0.1) is 59.5 Å². The molecule has 0 bridgehead atoms. The summed E-state index contributed by atoms with van der Waals surface area (Å²) < 4.78 is 26.9. The Morgan fingerprint density at radius 3 is 1.97 bits per heavy atom. The van der Waals surface area contributed by atoms with E-state index in [0.29, 0.717) is 85.5 Å². The fourth-order valence-electron chi connectivity index (χ4n) is 2.64. The van der Waals surface area contributed by atoms with Crippen LogP contribution in [0.15, 0.2) is 29.4 Å². The molecule has 0 radical (unpaired) electrons. The summed E-state index contributed by atoms with van der Waals surface area (Å²) in [4.78, 5) is 14.6. The van der Waals surface area contributed by atoms with Crippen LogP contribution in [0.5, 0.6) is 0 Å². The molecule has 0 fully saturated rings. The molecule has 0 aliphatic heterocycles. The highest BCUT2D eigenvalue weighted by Crippen LogP contribution is 2.07. The summed E-state index contributed by atoms with van der Waals surface area (Å²) in [7, 11) is 0. The minimum Gasteiger partial charge on any atom is -0.379 e. The molecule has 0 N–H and O–H groups in total. The van der Waals surface area contributed by atoms with Gasteiger partial charge in [-0.25, -0.2) is 0 Å². The Bertz CT molecular complexity index is 637. The molecule has 0 heterocycles. The summed E-state index contributed by atoms with van der Waals surface area (Å²) in [5.41, 5.74) is 10.3. The van der Waals surface area contributed by atoms with E-state index in [0.717, 1.165) is 12.0 Å². The lowest BCUT2D eigenvalue weighted by atomic mass is 10.0. The third kappa shape index (κ3) is 17.4. The summed E-state index contributed by atoms with van der Waals surface area (Å²) >= 11 is 0. The highest BCUT2D eigenvalue weighted by atomic mass is 16.6. The average Bonchev–Trinajstić information content (AvgIpc) is 2.75. The van der Waals surface area contributed by atoms with Gasteiger partial charge in [0, 0.05) is 30.9 Å². The van der Waals surface area contributed by atoms with E-state index >= 15 is 0 Å². The Balaban J connectivity index is 1.77. The molecular formula is C22H35N3O6. The van der Waals surface area contributed by atoms with Crippen LogP contribution in [0.1, 0.15) is 24.0 Å². The molecule has 9 nitrogen and oxygen atoms in total. The predicted molar refractivity (Wildman–Crippen MR) is 117 cm³/mol. The minimum atomic E-state index is 0.240. The number of carbonyl (C=O) groups excluding carboxylic acids is 1. The third-order valence-electron chi connectivity index (χ3n) is 4.11. The number of hydrogen-bond donors (Lipinski definition) is 0. The zero-order valence-corrected chi connectivity index (χ0v) is 18.5. The van der Waals surface area contributed by atoms with Gasteiger partial charge < -0.3 is 23.7 Å². The van der Waals surface area contributed by atoms with Crippen molar-refractivity contribution in [1.82, 2.24) is 0 Å². The maximum Gasteiger partial charge on any atom is 0.137 e. The maximum absolute atomic E-state index is 12.0. The monoisotopic (exact) mass is 437 g/mol. The molecule has 0 aromatic heterocycles. The first-order valence-corrected chi connectivity index (χ1v) is 10.7. The Labute approximate surface area is 184 Å². The van der Waals surface area contributed by atoms with Crippen molar-refractivity contribution in [1.29, 1.82) is 0 Å². The Morgan fingerprint density at radius 2 is 1.42 bits per heavy atom. The van der Waals surface area contributed by atoms with Crippen molar-refractivity contribution in [2.24, 2.45) is 5.11 Å². The van der Waals surface area contributed by atoms with Crippen LogP contribution in [-0.4, -0.2) is 78.4 Å². The normalized spacial score (nSPS) is 10.7. The van der Waals surface area contributed by atoms with E-state index in [1.807, 2.05) is 25.1 Å². The van der Waals surface area contributed by atoms with Crippen molar-refractivity contribution in [2.75, 3.05) is 72.6 Å². The van der Waals surface area contributed by atoms with Gasteiger partial charge in [0.2, 0.25) is 0 Å². The van der Waals surface area contributed by atoms with Gasteiger partial charge in [-0.15, -0.1) is 0 Å². The van der Waals surface area contributed by atoms with Crippen LogP contribution in [0, 0.1) is 6.92 Å². The van der Waals surface area contributed by atoms with Gasteiger partial charge >= 0.3 is 0 Å². The van der Waals surface area contributed by atoms with E-state index < -0.39 is 0 Å². The van der Waals surface area contributed by atoms with Gasteiger partial charge in [0.25, 0.3) is 0 Å². The van der Waals surface area contributed by atoms with Crippen molar-refractivity contribution in [3.8, 4) is 0 Å². The van der Waals surface area contributed by atoms with Crippen LogP contribution >= 0.6 is 0 Å². The molecular weight excluding hydrogens is 402 g/mol. The number of aryl methyl sites for hydroxylation is 1. The second-order valence-electron chi connectivity index (χ2n) is 6.82. The van der Waals surface area contributed by atoms with Gasteiger partial charge in [-0.05, 0) is 24.4 Å². The third-order valence-corrected chi connectivity index (χ3v) is 4.11. The zero-order valence-electron chi connectivity index (χ0n) is 18.5. The number of azide groups is 1. The number of nitrogens with zero attached hydrogens (tertiary/aromatic N) is 3. The van der Waals surface area contributed by atoms with Crippen LogP contribution in [0.4, 0.5) is 0 Å². The molecule has 1 aromatic carbocycles. The number of ether oxygens (including phenoxy) is 5. The van der Waals surface area contributed by atoms with Crippen molar-refractivity contribution in [3.63, 3.8) is 0 Å². The van der Waals surface area contributed by atoms with Crippen molar-refractivity contribution in [2.45, 2.75) is 26.2 Å². The molecule has 0 saturated carbocycles. The molecule has 0 aliphatic rings. The molecule has 1 rings (SSSR count). The first-order valence-electron chi connectivity index (χ1n) is 10.7. The largest absolute Gasteiger partial charge is 0.379 e. The van der Waals surface area contributed by atoms with Gasteiger partial charge in [-0.1, -0.05) is 34.9 Å². The fourth-order valence-corrected chi connectivity index (χ4v) is 2.64.